The largest absolute Gasteiger partial charge is 0.506 e. The number of carboxylic acids is 1. The highest BCUT2D eigenvalue weighted by molar-refractivity contribution is 5.92. The molecule has 1 aliphatic carbocycles. The zero-order valence-corrected chi connectivity index (χ0v) is 20.8. The van der Waals surface area contributed by atoms with Crippen LogP contribution in [0.3, 0.4) is 0 Å². The number of aromatic carboxylic acids is 1. The van der Waals surface area contributed by atoms with Crippen molar-refractivity contribution in [2.75, 3.05) is 27.2 Å². The minimum absolute atomic E-state index is 0.391. The monoisotopic (exact) mass is 478 g/mol. The fraction of sp³-hybridized carbons (Fsp3) is 0.481. The van der Waals surface area contributed by atoms with Gasteiger partial charge in [0.15, 0.2) is 5.56 Å². The van der Waals surface area contributed by atoms with Crippen LogP contribution in [0.25, 0.3) is 22.2 Å². The molecule has 3 aromatic rings. The zero-order valence-electron chi connectivity index (χ0n) is 20.8. The second-order valence-corrected chi connectivity index (χ2v) is 10.5. The molecule has 2 aromatic heterocycles. The van der Waals surface area contributed by atoms with E-state index in [2.05, 4.69) is 46.6 Å². The van der Waals surface area contributed by atoms with Gasteiger partial charge in [0.25, 0.3) is 5.56 Å². The molecule has 0 amide bonds. The summed E-state index contributed by atoms with van der Waals surface area (Å²) >= 11 is 0. The van der Waals surface area contributed by atoms with Crippen LogP contribution < -0.4 is 5.56 Å². The fourth-order valence-corrected chi connectivity index (χ4v) is 6.28. The molecule has 35 heavy (non-hydrogen) atoms. The van der Waals surface area contributed by atoms with Crippen molar-refractivity contribution in [1.29, 1.82) is 0 Å². The number of aryl methyl sites for hydroxylation is 1. The van der Waals surface area contributed by atoms with E-state index in [0.717, 1.165) is 47.9 Å². The van der Waals surface area contributed by atoms with E-state index in [-0.39, 0.29) is 0 Å². The second-order valence-electron chi connectivity index (χ2n) is 10.5. The van der Waals surface area contributed by atoms with E-state index in [1.54, 1.807) is 0 Å². The molecule has 1 aromatic carbocycles. The van der Waals surface area contributed by atoms with Crippen LogP contribution in [0.5, 0.6) is 5.75 Å². The number of aromatic nitrogens is 2. The second kappa shape index (κ2) is 8.84. The molecule has 0 bridgehead atoms. The van der Waals surface area contributed by atoms with Crippen molar-refractivity contribution >= 4 is 16.9 Å². The summed E-state index contributed by atoms with van der Waals surface area (Å²) in [5.74, 6) is -0.316. The summed E-state index contributed by atoms with van der Waals surface area (Å²) in [6, 6.07) is 8.85. The summed E-state index contributed by atoms with van der Waals surface area (Å²) in [5, 5.41) is 20.9. The number of benzene rings is 1. The molecule has 1 saturated heterocycles. The van der Waals surface area contributed by atoms with Crippen LogP contribution in [-0.4, -0.2) is 68.8 Å². The van der Waals surface area contributed by atoms with Crippen molar-refractivity contribution in [1.82, 2.24) is 19.4 Å². The molecule has 1 saturated carbocycles. The number of fused-ring (bicyclic) bond motifs is 2. The Kier molecular flexibility index (Phi) is 5.97. The number of pyridine rings is 1. The van der Waals surface area contributed by atoms with Crippen molar-refractivity contribution in [2.24, 2.45) is 18.9 Å². The van der Waals surface area contributed by atoms with Gasteiger partial charge in [-0.2, -0.15) is 0 Å². The van der Waals surface area contributed by atoms with E-state index in [9.17, 15) is 19.8 Å². The third-order valence-corrected chi connectivity index (χ3v) is 8.21. The van der Waals surface area contributed by atoms with E-state index >= 15 is 0 Å². The number of carboxylic acid groups (broad SMARTS) is 1. The Hall–Kier alpha value is -3.10. The lowest BCUT2D eigenvalue weighted by Crippen LogP contribution is -2.29. The van der Waals surface area contributed by atoms with E-state index < -0.39 is 22.8 Å². The summed E-state index contributed by atoms with van der Waals surface area (Å²) in [7, 11) is 6.46. The van der Waals surface area contributed by atoms with Crippen LogP contribution >= 0.6 is 0 Å². The van der Waals surface area contributed by atoms with E-state index in [1.165, 1.54) is 18.5 Å². The van der Waals surface area contributed by atoms with Gasteiger partial charge in [-0.25, -0.2) is 4.79 Å². The quantitative estimate of drug-likeness (QED) is 0.503. The number of aromatic amines is 1. The number of likely N-dealkylation sites (tertiary alicyclic amines) is 1. The first-order valence-electron chi connectivity index (χ1n) is 12.4. The minimum atomic E-state index is -1.43. The smallest absolute Gasteiger partial charge is 0.345 e. The van der Waals surface area contributed by atoms with Gasteiger partial charge in [-0.3, -0.25) is 9.69 Å². The van der Waals surface area contributed by atoms with Gasteiger partial charge in [0.1, 0.15) is 5.75 Å². The highest BCUT2D eigenvalue weighted by Crippen LogP contribution is 2.40. The zero-order chi connectivity index (χ0) is 25.0. The molecule has 3 N–H and O–H groups in total. The first-order valence-corrected chi connectivity index (χ1v) is 12.4. The third kappa shape index (κ3) is 4.04. The standard InChI is InChI=1S/C27H34N4O4/c1-5-21-24(28-26(33)23(25(21)32)27(34)35)15-6-7-22-16(8-15)9-20(30(22)4)14-31-12-17-10-19(29(2)3)11-18(17)13-31/h6-9,17-19H,5,10-14H2,1-4H3,(H,34,35)(H2,28,32,33)/t17-,18+,19-. The Labute approximate surface area is 204 Å². The summed E-state index contributed by atoms with van der Waals surface area (Å²) in [5.41, 5.74) is 2.58. The summed E-state index contributed by atoms with van der Waals surface area (Å²) < 4.78 is 2.23. The number of nitrogens with one attached hydrogen (secondary N) is 1. The number of aromatic hydroxyl groups is 1. The van der Waals surface area contributed by atoms with Crippen LogP contribution in [0.4, 0.5) is 0 Å². The van der Waals surface area contributed by atoms with Crippen molar-refractivity contribution in [3.05, 3.63) is 51.4 Å². The van der Waals surface area contributed by atoms with E-state index in [4.69, 9.17) is 0 Å². The molecular weight excluding hydrogens is 444 g/mol. The predicted octanol–water partition coefficient (Wildman–Crippen LogP) is 3.27. The van der Waals surface area contributed by atoms with Crippen LogP contribution in [0, 0.1) is 11.8 Å². The normalized spacial score (nSPS) is 22.4. The van der Waals surface area contributed by atoms with Gasteiger partial charge in [0.2, 0.25) is 0 Å². The SMILES string of the molecule is CCc1c(-c2ccc3c(c2)cc(CN2C[C@H]4C[C@@H](N(C)C)C[C@H]4C2)n3C)[nH]c(=O)c(C(=O)O)c1O. The highest BCUT2D eigenvalue weighted by Gasteiger charge is 2.41. The van der Waals surface area contributed by atoms with Crippen LogP contribution in [0.15, 0.2) is 29.1 Å². The molecule has 8 heteroatoms. The Morgan fingerprint density at radius 3 is 2.46 bits per heavy atom. The number of hydrogen-bond donors (Lipinski definition) is 3. The van der Waals surface area contributed by atoms with Gasteiger partial charge in [-0.05, 0) is 69.0 Å². The topological polar surface area (TPSA) is 102 Å². The number of H-pyrrole nitrogens is 1. The van der Waals surface area contributed by atoms with Crippen LogP contribution in [0.2, 0.25) is 0 Å². The summed E-state index contributed by atoms with van der Waals surface area (Å²) in [6.07, 6.45) is 2.97. The van der Waals surface area contributed by atoms with Gasteiger partial charge >= 0.3 is 5.97 Å². The maximum atomic E-state index is 12.4. The van der Waals surface area contributed by atoms with Crippen molar-refractivity contribution in [3.63, 3.8) is 0 Å². The summed E-state index contributed by atoms with van der Waals surface area (Å²) in [4.78, 5) is 31.5. The van der Waals surface area contributed by atoms with Gasteiger partial charge < -0.3 is 24.7 Å². The minimum Gasteiger partial charge on any atom is -0.506 e. The highest BCUT2D eigenvalue weighted by atomic mass is 16.4. The van der Waals surface area contributed by atoms with E-state index in [1.807, 2.05) is 25.1 Å². The molecule has 0 spiro atoms. The molecule has 5 rings (SSSR count). The molecule has 186 valence electrons. The molecule has 0 unspecified atom stereocenters. The first kappa shape index (κ1) is 23.6. The maximum Gasteiger partial charge on any atom is 0.345 e. The maximum absolute atomic E-state index is 12.4. The Bertz CT molecular complexity index is 1340. The van der Waals surface area contributed by atoms with Gasteiger partial charge in [-0.1, -0.05) is 13.0 Å². The number of rotatable bonds is 6. The molecular formula is C27H34N4O4. The molecule has 1 aliphatic heterocycles. The molecule has 3 atom stereocenters. The molecule has 3 heterocycles. The van der Waals surface area contributed by atoms with Crippen molar-refractivity contribution < 1.29 is 15.0 Å². The Morgan fingerprint density at radius 1 is 1.17 bits per heavy atom. The first-order chi connectivity index (χ1) is 16.7. The average molecular weight is 479 g/mol. The summed E-state index contributed by atoms with van der Waals surface area (Å²) in [6.45, 7) is 5.04. The van der Waals surface area contributed by atoms with Crippen LogP contribution in [0.1, 0.15) is 41.4 Å². The number of nitrogens with zero attached hydrogens (tertiary/aromatic N) is 3. The lowest BCUT2D eigenvalue weighted by Gasteiger charge is -2.23. The van der Waals surface area contributed by atoms with Crippen molar-refractivity contribution in [2.45, 2.75) is 38.8 Å². The number of hydrogen-bond acceptors (Lipinski definition) is 5. The molecule has 2 fully saturated rings. The third-order valence-electron chi connectivity index (χ3n) is 8.21. The Balaban J connectivity index is 1.42. The number of carbonyl (C=O) groups is 1. The fourth-order valence-electron chi connectivity index (χ4n) is 6.28. The average Bonchev–Trinajstić information content (AvgIpc) is 3.45. The molecule has 0 radical (unpaired) electrons. The lowest BCUT2D eigenvalue weighted by molar-refractivity contribution is 0.0691. The Morgan fingerprint density at radius 2 is 1.86 bits per heavy atom. The van der Waals surface area contributed by atoms with E-state index in [0.29, 0.717) is 23.7 Å². The lowest BCUT2D eigenvalue weighted by atomic mass is 9.99. The molecule has 8 nitrogen and oxygen atoms in total. The van der Waals surface area contributed by atoms with Gasteiger partial charge in [0, 0.05) is 54.9 Å². The molecule has 2 aliphatic rings. The van der Waals surface area contributed by atoms with Gasteiger partial charge in [0.05, 0.1) is 5.69 Å². The van der Waals surface area contributed by atoms with Crippen LogP contribution in [-0.2, 0) is 20.0 Å². The van der Waals surface area contributed by atoms with Crippen molar-refractivity contribution in [3.8, 4) is 17.0 Å². The van der Waals surface area contributed by atoms with Gasteiger partial charge in [-0.15, -0.1) is 0 Å². The predicted molar refractivity (Wildman–Crippen MR) is 136 cm³/mol.